The van der Waals surface area contributed by atoms with Crippen LogP contribution in [-0.4, -0.2) is 110 Å². The highest BCUT2D eigenvalue weighted by Crippen LogP contribution is 2.23. The highest BCUT2D eigenvalue weighted by Gasteiger charge is 2.44. The Kier molecular flexibility index (Phi) is 32.1. The SMILES string of the molecule is CC/C=C/CC/C=C/CCCC(O)C(O)C(COC1OC(CO)C(O)C(O)C1O)NC(=O)C(O)CCCCCCCC/C=C\CCCCCCCCCCC. The summed E-state index contributed by atoms with van der Waals surface area (Å²) in [5.74, 6) is -0.720. The van der Waals surface area contributed by atoms with E-state index in [1.807, 2.05) is 6.08 Å². The number of hydrogen-bond acceptors (Lipinski definition) is 10. The third-order valence-corrected chi connectivity index (χ3v) is 10.4. The molecule has 0 spiro atoms. The Bertz CT molecular complexity index is 992. The van der Waals surface area contributed by atoms with Crippen molar-refractivity contribution in [2.75, 3.05) is 13.2 Å². The van der Waals surface area contributed by atoms with Gasteiger partial charge in [-0.2, -0.15) is 0 Å². The van der Waals surface area contributed by atoms with E-state index in [1.165, 1.54) is 64.2 Å². The largest absolute Gasteiger partial charge is 0.394 e. The van der Waals surface area contributed by atoms with Crippen molar-refractivity contribution in [3.05, 3.63) is 36.5 Å². The Morgan fingerprint density at radius 3 is 1.71 bits per heavy atom. The molecule has 1 fully saturated rings. The molecule has 0 aromatic carbocycles. The molecular formula is C44H81NO10. The minimum absolute atomic E-state index is 0.242. The van der Waals surface area contributed by atoms with E-state index in [2.05, 4.69) is 49.5 Å². The highest BCUT2D eigenvalue weighted by molar-refractivity contribution is 5.80. The van der Waals surface area contributed by atoms with Crippen molar-refractivity contribution < 1.29 is 50.0 Å². The van der Waals surface area contributed by atoms with Gasteiger partial charge in [0.05, 0.1) is 25.4 Å². The molecule has 322 valence electrons. The van der Waals surface area contributed by atoms with Crippen LogP contribution in [0.4, 0.5) is 0 Å². The number of amides is 1. The van der Waals surface area contributed by atoms with Gasteiger partial charge >= 0.3 is 0 Å². The van der Waals surface area contributed by atoms with E-state index in [1.54, 1.807) is 0 Å². The first-order valence-corrected chi connectivity index (χ1v) is 21.9. The molecule has 1 aliphatic heterocycles. The first kappa shape index (κ1) is 51.3. The van der Waals surface area contributed by atoms with Crippen molar-refractivity contribution in [3.8, 4) is 0 Å². The van der Waals surface area contributed by atoms with Crippen LogP contribution in [0.1, 0.15) is 168 Å². The summed E-state index contributed by atoms with van der Waals surface area (Å²) in [6.07, 6.45) is 26.5. The van der Waals surface area contributed by atoms with Gasteiger partial charge in [-0.05, 0) is 70.6 Å². The number of carbonyl (C=O) groups is 1. The van der Waals surface area contributed by atoms with E-state index < -0.39 is 74.2 Å². The quantitative estimate of drug-likeness (QED) is 0.0262. The van der Waals surface area contributed by atoms with Crippen molar-refractivity contribution in [1.82, 2.24) is 5.32 Å². The standard InChI is InChI=1S/C44H81NO10/c1-3-5-7-9-11-13-14-15-16-17-18-19-20-21-22-24-26-28-30-32-37(48)43(53)45-35(34-54-44-42(52)41(51)40(50)38(33-46)55-44)39(49)36(47)31-29-27-25-23-12-10-8-6-4-2/h6,8,18-19,23,25,35-42,44,46-52H,3-5,7,9-17,20-22,24,26-34H2,1-2H3,(H,45,53)/b8-6+,19-18-,25-23+. The summed E-state index contributed by atoms with van der Waals surface area (Å²) in [5, 5.41) is 75.3. The van der Waals surface area contributed by atoms with Crippen molar-refractivity contribution in [3.63, 3.8) is 0 Å². The third kappa shape index (κ3) is 24.7. The van der Waals surface area contributed by atoms with Crippen molar-refractivity contribution in [1.29, 1.82) is 0 Å². The predicted molar refractivity (Wildman–Crippen MR) is 219 cm³/mol. The molecular weight excluding hydrogens is 702 g/mol. The zero-order valence-electron chi connectivity index (χ0n) is 34.4. The monoisotopic (exact) mass is 784 g/mol. The molecule has 0 aromatic rings. The number of rotatable bonds is 35. The predicted octanol–water partition coefficient (Wildman–Crippen LogP) is 6.44. The lowest BCUT2D eigenvalue weighted by Gasteiger charge is -2.40. The van der Waals surface area contributed by atoms with Gasteiger partial charge in [0.2, 0.25) is 5.91 Å². The lowest BCUT2D eigenvalue weighted by atomic mass is 9.98. The fourth-order valence-electron chi connectivity index (χ4n) is 6.75. The number of hydrogen-bond donors (Lipinski definition) is 8. The molecule has 0 saturated carbocycles. The molecule has 1 saturated heterocycles. The van der Waals surface area contributed by atoms with Gasteiger partial charge in [-0.3, -0.25) is 4.79 Å². The Balaban J connectivity index is 2.44. The molecule has 55 heavy (non-hydrogen) atoms. The van der Waals surface area contributed by atoms with Crippen molar-refractivity contribution >= 4 is 5.91 Å². The van der Waals surface area contributed by atoms with Gasteiger partial charge in [-0.1, -0.05) is 134 Å². The maximum atomic E-state index is 13.0. The first-order chi connectivity index (χ1) is 26.7. The molecule has 9 atom stereocenters. The first-order valence-electron chi connectivity index (χ1n) is 21.9. The number of aliphatic hydroxyl groups is 7. The second-order valence-electron chi connectivity index (χ2n) is 15.4. The van der Waals surface area contributed by atoms with Crippen LogP contribution in [0, 0.1) is 0 Å². The Labute approximate surface area is 333 Å². The van der Waals surface area contributed by atoms with Crippen LogP contribution in [0.3, 0.4) is 0 Å². The summed E-state index contributed by atoms with van der Waals surface area (Å²) < 4.78 is 11.0. The molecule has 11 nitrogen and oxygen atoms in total. The second kappa shape index (κ2) is 34.4. The van der Waals surface area contributed by atoms with Crippen LogP contribution < -0.4 is 5.32 Å². The molecule has 0 aliphatic carbocycles. The molecule has 0 radical (unpaired) electrons. The van der Waals surface area contributed by atoms with Crippen LogP contribution in [-0.2, 0) is 14.3 Å². The third-order valence-electron chi connectivity index (χ3n) is 10.4. The Hall–Kier alpha value is -1.67. The molecule has 0 bridgehead atoms. The van der Waals surface area contributed by atoms with Gasteiger partial charge in [0, 0.05) is 0 Å². The Morgan fingerprint density at radius 2 is 1.15 bits per heavy atom. The van der Waals surface area contributed by atoms with E-state index in [-0.39, 0.29) is 12.8 Å². The van der Waals surface area contributed by atoms with Crippen LogP contribution in [0.2, 0.25) is 0 Å². The smallest absolute Gasteiger partial charge is 0.249 e. The van der Waals surface area contributed by atoms with Crippen molar-refractivity contribution in [2.45, 2.75) is 223 Å². The van der Waals surface area contributed by atoms with Crippen LogP contribution >= 0.6 is 0 Å². The lowest BCUT2D eigenvalue weighted by molar-refractivity contribution is -0.303. The number of ether oxygens (including phenoxy) is 2. The summed E-state index contributed by atoms with van der Waals surface area (Å²) in [4.78, 5) is 13.0. The number of aliphatic hydroxyl groups excluding tert-OH is 7. The van der Waals surface area contributed by atoms with Gasteiger partial charge in [0.1, 0.15) is 36.6 Å². The molecule has 1 aliphatic rings. The second-order valence-corrected chi connectivity index (χ2v) is 15.4. The number of allylic oxidation sites excluding steroid dienone is 6. The van der Waals surface area contributed by atoms with E-state index in [0.29, 0.717) is 19.3 Å². The lowest BCUT2D eigenvalue weighted by Crippen LogP contribution is -2.60. The summed E-state index contributed by atoms with van der Waals surface area (Å²) in [6, 6.07) is -1.19. The van der Waals surface area contributed by atoms with Crippen LogP contribution in [0.25, 0.3) is 0 Å². The zero-order valence-corrected chi connectivity index (χ0v) is 34.4. The van der Waals surface area contributed by atoms with Crippen LogP contribution in [0.5, 0.6) is 0 Å². The van der Waals surface area contributed by atoms with Crippen molar-refractivity contribution in [2.24, 2.45) is 0 Å². The summed E-state index contributed by atoms with van der Waals surface area (Å²) >= 11 is 0. The van der Waals surface area contributed by atoms with Gasteiger partial charge in [0.15, 0.2) is 6.29 Å². The number of unbranched alkanes of at least 4 members (excludes halogenated alkanes) is 17. The molecule has 1 heterocycles. The number of nitrogens with one attached hydrogen (secondary N) is 1. The minimum Gasteiger partial charge on any atom is -0.394 e. The van der Waals surface area contributed by atoms with Gasteiger partial charge in [0.25, 0.3) is 0 Å². The molecule has 1 amide bonds. The molecule has 11 heteroatoms. The van der Waals surface area contributed by atoms with Gasteiger partial charge in [-0.25, -0.2) is 0 Å². The Morgan fingerprint density at radius 1 is 0.636 bits per heavy atom. The van der Waals surface area contributed by atoms with E-state index in [0.717, 1.165) is 57.8 Å². The molecule has 0 aromatic heterocycles. The molecule has 9 unspecified atom stereocenters. The minimum atomic E-state index is -1.67. The maximum Gasteiger partial charge on any atom is 0.249 e. The normalized spacial score (nSPS) is 22.8. The number of carbonyl (C=O) groups excluding carboxylic acids is 1. The van der Waals surface area contributed by atoms with E-state index >= 15 is 0 Å². The van der Waals surface area contributed by atoms with E-state index in [4.69, 9.17) is 9.47 Å². The molecule has 1 rings (SSSR count). The maximum absolute atomic E-state index is 13.0. The molecule has 8 N–H and O–H groups in total. The fourth-order valence-corrected chi connectivity index (χ4v) is 6.75. The average molecular weight is 784 g/mol. The van der Waals surface area contributed by atoms with Crippen LogP contribution in [0.15, 0.2) is 36.5 Å². The summed E-state index contributed by atoms with van der Waals surface area (Å²) in [6.45, 7) is 3.26. The summed E-state index contributed by atoms with van der Waals surface area (Å²) in [5.41, 5.74) is 0. The van der Waals surface area contributed by atoms with Gasteiger partial charge < -0.3 is 50.5 Å². The summed E-state index contributed by atoms with van der Waals surface area (Å²) in [7, 11) is 0. The van der Waals surface area contributed by atoms with Gasteiger partial charge in [-0.15, -0.1) is 0 Å². The zero-order chi connectivity index (χ0) is 40.5. The average Bonchev–Trinajstić information content (AvgIpc) is 3.18. The van der Waals surface area contributed by atoms with E-state index in [9.17, 15) is 40.5 Å². The fraction of sp³-hybridized carbons (Fsp3) is 0.841. The topological polar surface area (TPSA) is 189 Å². The highest BCUT2D eigenvalue weighted by atomic mass is 16.7.